The quantitative estimate of drug-likeness (QED) is 0.580. The molecule has 3 heteroatoms. The smallest absolute Gasteiger partial charge is 0.104 e. The molecule has 0 atom stereocenters. The summed E-state index contributed by atoms with van der Waals surface area (Å²) in [4.78, 5) is 2.87. The van der Waals surface area contributed by atoms with Crippen molar-refractivity contribution in [2.24, 2.45) is 0 Å². The molecular formula is C6H7N3. The lowest BCUT2D eigenvalue weighted by molar-refractivity contribution is 1.35. The van der Waals surface area contributed by atoms with Crippen LogP contribution < -0.4 is 5.32 Å². The van der Waals surface area contributed by atoms with Gasteiger partial charge in [0.1, 0.15) is 11.9 Å². The van der Waals surface area contributed by atoms with E-state index in [9.17, 15) is 0 Å². The van der Waals surface area contributed by atoms with Crippen LogP contribution in [0.25, 0.3) is 0 Å². The summed E-state index contributed by atoms with van der Waals surface area (Å²) in [5.41, 5.74) is 0.652. The van der Waals surface area contributed by atoms with Crippen molar-refractivity contribution in [1.82, 2.24) is 4.98 Å². The zero-order chi connectivity index (χ0) is 6.69. The molecule has 0 aromatic carbocycles. The standard InChI is InChI=1S/C6H7N3/c1-8-6-2-5(3-7)4-9-6/h2,4,8-9H,1H3. The van der Waals surface area contributed by atoms with Crippen molar-refractivity contribution in [3.63, 3.8) is 0 Å². The summed E-state index contributed by atoms with van der Waals surface area (Å²) in [6.45, 7) is 0. The summed E-state index contributed by atoms with van der Waals surface area (Å²) in [5, 5.41) is 11.2. The third-order valence-electron chi connectivity index (χ3n) is 1.08. The maximum Gasteiger partial charge on any atom is 0.104 e. The van der Waals surface area contributed by atoms with Gasteiger partial charge in [0.05, 0.1) is 5.56 Å². The highest BCUT2D eigenvalue weighted by molar-refractivity contribution is 5.43. The number of aromatic nitrogens is 1. The van der Waals surface area contributed by atoms with Crippen molar-refractivity contribution in [2.45, 2.75) is 0 Å². The van der Waals surface area contributed by atoms with E-state index in [1.807, 2.05) is 6.07 Å². The first-order chi connectivity index (χ1) is 4.36. The van der Waals surface area contributed by atoms with Gasteiger partial charge in [-0.1, -0.05) is 0 Å². The second-order valence-corrected chi connectivity index (χ2v) is 1.66. The minimum Gasteiger partial charge on any atom is -0.375 e. The number of hydrogen-bond donors (Lipinski definition) is 2. The van der Waals surface area contributed by atoms with Gasteiger partial charge in [-0.05, 0) is 6.07 Å². The Kier molecular flexibility index (Phi) is 1.41. The average Bonchev–Trinajstić information content (AvgIpc) is 2.34. The number of nitrogens with zero attached hydrogens (tertiary/aromatic N) is 1. The molecule has 0 aliphatic heterocycles. The maximum absolute atomic E-state index is 8.35. The Hall–Kier alpha value is -1.43. The highest BCUT2D eigenvalue weighted by Crippen LogP contribution is 2.04. The summed E-state index contributed by atoms with van der Waals surface area (Å²) < 4.78 is 0. The molecule has 0 radical (unpaired) electrons. The molecule has 0 bridgehead atoms. The maximum atomic E-state index is 8.35. The van der Waals surface area contributed by atoms with Gasteiger partial charge in [0.2, 0.25) is 0 Å². The molecule has 0 fully saturated rings. The van der Waals surface area contributed by atoms with Crippen molar-refractivity contribution >= 4 is 5.82 Å². The Bertz CT molecular complexity index is 231. The third-order valence-corrected chi connectivity index (χ3v) is 1.08. The predicted octanol–water partition coefficient (Wildman–Crippen LogP) is 0.928. The molecule has 0 aliphatic carbocycles. The zero-order valence-corrected chi connectivity index (χ0v) is 5.10. The van der Waals surface area contributed by atoms with E-state index in [0.29, 0.717) is 5.56 Å². The molecule has 1 aromatic rings. The molecule has 1 heterocycles. The van der Waals surface area contributed by atoms with E-state index in [0.717, 1.165) is 5.82 Å². The van der Waals surface area contributed by atoms with E-state index < -0.39 is 0 Å². The van der Waals surface area contributed by atoms with Gasteiger partial charge in [0.15, 0.2) is 0 Å². The van der Waals surface area contributed by atoms with E-state index in [4.69, 9.17) is 5.26 Å². The first kappa shape index (κ1) is 5.70. The van der Waals surface area contributed by atoms with E-state index in [1.165, 1.54) is 0 Å². The molecular weight excluding hydrogens is 114 g/mol. The van der Waals surface area contributed by atoms with E-state index in [-0.39, 0.29) is 0 Å². The molecule has 1 aromatic heterocycles. The van der Waals surface area contributed by atoms with Crippen molar-refractivity contribution in [2.75, 3.05) is 12.4 Å². The number of aromatic amines is 1. The minimum absolute atomic E-state index is 0.652. The van der Waals surface area contributed by atoms with Crippen molar-refractivity contribution < 1.29 is 0 Å². The SMILES string of the molecule is CNc1cc(C#N)c[nH]1. The van der Waals surface area contributed by atoms with Gasteiger partial charge in [-0.25, -0.2) is 0 Å². The molecule has 46 valence electrons. The number of H-pyrrole nitrogens is 1. The Morgan fingerprint density at radius 1 is 1.78 bits per heavy atom. The second kappa shape index (κ2) is 2.23. The molecule has 0 aliphatic rings. The van der Waals surface area contributed by atoms with Gasteiger partial charge < -0.3 is 10.3 Å². The van der Waals surface area contributed by atoms with Gasteiger partial charge in [-0.2, -0.15) is 5.26 Å². The molecule has 0 amide bonds. The lowest BCUT2D eigenvalue weighted by Crippen LogP contribution is -1.84. The predicted molar refractivity (Wildman–Crippen MR) is 35.1 cm³/mol. The topological polar surface area (TPSA) is 51.6 Å². The summed E-state index contributed by atoms with van der Waals surface area (Å²) in [6.07, 6.45) is 1.66. The van der Waals surface area contributed by atoms with E-state index in [1.54, 1.807) is 19.3 Å². The summed E-state index contributed by atoms with van der Waals surface area (Å²) in [6, 6.07) is 3.76. The third kappa shape index (κ3) is 1.03. The molecule has 9 heavy (non-hydrogen) atoms. The van der Waals surface area contributed by atoms with Gasteiger partial charge in [0.25, 0.3) is 0 Å². The van der Waals surface area contributed by atoms with Crippen LogP contribution in [0.3, 0.4) is 0 Å². The fraction of sp³-hybridized carbons (Fsp3) is 0.167. The summed E-state index contributed by atoms with van der Waals surface area (Å²) in [7, 11) is 1.80. The van der Waals surface area contributed by atoms with Crippen molar-refractivity contribution in [3.05, 3.63) is 17.8 Å². The van der Waals surface area contributed by atoms with Crippen LogP contribution in [0.1, 0.15) is 5.56 Å². The Morgan fingerprint density at radius 2 is 2.56 bits per heavy atom. The molecule has 3 nitrogen and oxygen atoms in total. The van der Waals surface area contributed by atoms with E-state index >= 15 is 0 Å². The Balaban J connectivity index is 2.90. The lowest BCUT2D eigenvalue weighted by Gasteiger charge is -1.87. The number of nitriles is 1. The molecule has 0 spiro atoms. The molecule has 1 rings (SSSR count). The minimum atomic E-state index is 0.652. The van der Waals surface area contributed by atoms with Crippen LogP contribution in [-0.2, 0) is 0 Å². The lowest BCUT2D eigenvalue weighted by atomic mass is 10.4. The van der Waals surface area contributed by atoms with Crippen LogP contribution in [0.15, 0.2) is 12.3 Å². The molecule has 2 N–H and O–H groups in total. The van der Waals surface area contributed by atoms with Crippen LogP contribution in [-0.4, -0.2) is 12.0 Å². The van der Waals surface area contributed by atoms with Gasteiger partial charge in [-0.3, -0.25) is 0 Å². The fourth-order valence-corrected chi connectivity index (χ4v) is 0.603. The van der Waals surface area contributed by atoms with Gasteiger partial charge in [0, 0.05) is 13.2 Å². The molecule has 0 saturated carbocycles. The average molecular weight is 121 g/mol. The van der Waals surface area contributed by atoms with Crippen LogP contribution >= 0.6 is 0 Å². The number of rotatable bonds is 1. The van der Waals surface area contributed by atoms with Gasteiger partial charge in [-0.15, -0.1) is 0 Å². The number of hydrogen-bond acceptors (Lipinski definition) is 2. The van der Waals surface area contributed by atoms with Gasteiger partial charge >= 0.3 is 0 Å². The second-order valence-electron chi connectivity index (χ2n) is 1.66. The highest BCUT2D eigenvalue weighted by atomic mass is 15.0. The molecule has 0 unspecified atom stereocenters. The van der Waals surface area contributed by atoms with Crippen LogP contribution in [0.2, 0.25) is 0 Å². The largest absolute Gasteiger partial charge is 0.375 e. The molecule has 0 saturated heterocycles. The Labute approximate surface area is 53.3 Å². The zero-order valence-electron chi connectivity index (χ0n) is 5.10. The first-order valence-corrected chi connectivity index (χ1v) is 2.63. The summed E-state index contributed by atoms with van der Waals surface area (Å²) >= 11 is 0. The number of anilines is 1. The number of nitrogens with one attached hydrogen (secondary N) is 2. The van der Waals surface area contributed by atoms with Crippen LogP contribution in [0, 0.1) is 11.3 Å². The first-order valence-electron chi connectivity index (χ1n) is 2.63. The fourth-order valence-electron chi connectivity index (χ4n) is 0.603. The van der Waals surface area contributed by atoms with Crippen LogP contribution in [0.5, 0.6) is 0 Å². The van der Waals surface area contributed by atoms with Crippen molar-refractivity contribution in [3.8, 4) is 6.07 Å². The Morgan fingerprint density at radius 3 is 2.89 bits per heavy atom. The highest BCUT2D eigenvalue weighted by Gasteiger charge is 1.91. The van der Waals surface area contributed by atoms with Crippen molar-refractivity contribution in [1.29, 1.82) is 5.26 Å². The van der Waals surface area contributed by atoms with Crippen LogP contribution in [0.4, 0.5) is 5.82 Å². The summed E-state index contributed by atoms with van der Waals surface area (Å²) in [5.74, 6) is 0.867. The van der Waals surface area contributed by atoms with E-state index in [2.05, 4.69) is 10.3 Å². The normalized spacial score (nSPS) is 8.44. The monoisotopic (exact) mass is 121 g/mol.